The molecule has 0 bridgehead atoms. The molecule has 0 radical (unpaired) electrons. The highest BCUT2D eigenvalue weighted by Gasteiger charge is 2.19. The van der Waals surface area contributed by atoms with Gasteiger partial charge >= 0.3 is 0 Å². The molecule has 2 N–H and O–H groups in total. The van der Waals surface area contributed by atoms with Crippen LogP contribution in [0.15, 0.2) is 36.7 Å². The van der Waals surface area contributed by atoms with Crippen LogP contribution in [0.25, 0.3) is 10.8 Å². The molecule has 2 atom stereocenters. The standard InChI is InChI=1S/C15H20N2O/c1-3-14(18-4-2)15(16)13-7-5-6-11-10-17-9-8-12(11)13/h5-10,14-15H,3-4,16H2,1-2H3. The average molecular weight is 244 g/mol. The maximum Gasteiger partial charge on any atom is 0.0765 e. The zero-order valence-corrected chi connectivity index (χ0v) is 11.0. The molecule has 0 saturated carbocycles. The summed E-state index contributed by atoms with van der Waals surface area (Å²) in [5, 5.41) is 2.29. The molecule has 1 heterocycles. The van der Waals surface area contributed by atoms with Crippen LogP contribution >= 0.6 is 0 Å². The van der Waals surface area contributed by atoms with E-state index < -0.39 is 0 Å². The molecule has 3 heteroatoms. The van der Waals surface area contributed by atoms with Gasteiger partial charge in [-0.2, -0.15) is 0 Å². The summed E-state index contributed by atoms with van der Waals surface area (Å²) in [6.45, 7) is 4.80. The first-order valence-corrected chi connectivity index (χ1v) is 6.47. The molecule has 0 spiro atoms. The van der Waals surface area contributed by atoms with Gasteiger partial charge in [0.2, 0.25) is 0 Å². The van der Waals surface area contributed by atoms with E-state index in [0.29, 0.717) is 6.61 Å². The lowest BCUT2D eigenvalue weighted by molar-refractivity contribution is 0.0417. The van der Waals surface area contributed by atoms with Gasteiger partial charge in [-0.25, -0.2) is 0 Å². The van der Waals surface area contributed by atoms with Gasteiger partial charge in [0, 0.05) is 24.4 Å². The quantitative estimate of drug-likeness (QED) is 0.879. The summed E-state index contributed by atoms with van der Waals surface area (Å²) in [4.78, 5) is 4.14. The summed E-state index contributed by atoms with van der Waals surface area (Å²) in [6.07, 6.45) is 4.65. The van der Waals surface area contributed by atoms with E-state index in [2.05, 4.69) is 24.0 Å². The second-order valence-corrected chi connectivity index (χ2v) is 4.37. The monoisotopic (exact) mass is 244 g/mol. The number of rotatable bonds is 5. The number of fused-ring (bicyclic) bond motifs is 1. The molecule has 0 fully saturated rings. The number of nitrogens with two attached hydrogens (primary N) is 1. The van der Waals surface area contributed by atoms with Gasteiger partial charge in [0.25, 0.3) is 0 Å². The van der Waals surface area contributed by atoms with Crippen LogP contribution in [0.5, 0.6) is 0 Å². The fraction of sp³-hybridized carbons (Fsp3) is 0.400. The summed E-state index contributed by atoms with van der Waals surface area (Å²) >= 11 is 0. The van der Waals surface area contributed by atoms with Crippen molar-refractivity contribution in [2.24, 2.45) is 5.73 Å². The average Bonchev–Trinajstić information content (AvgIpc) is 2.43. The van der Waals surface area contributed by atoms with Crippen LogP contribution < -0.4 is 5.73 Å². The van der Waals surface area contributed by atoms with Crippen LogP contribution in [-0.4, -0.2) is 17.7 Å². The van der Waals surface area contributed by atoms with Gasteiger partial charge in [0.1, 0.15) is 0 Å². The number of pyridine rings is 1. The first-order valence-electron chi connectivity index (χ1n) is 6.47. The Bertz CT molecular complexity index is 507. The molecule has 2 unspecified atom stereocenters. The third-order valence-electron chi connectivity index (χ3n) is 3.26. The number of hydrogen-bond donors (Lipinski definition) is 1. The molecule has 96 valence electrons. The number of hydrogen-bond acceptors (Lipinski definition) is 3. The predicted octanol–water partition coefficient (Wildman–Crippen LogP) is 3.05. The molecule has 1 aromatic heterocycles. The summed E-state index contributed by atoms with van der Waals surface area (Å²) in [5.41, 5.74) is 7.49. The summed E-state index contributed by atoms with van der Waals surface area (Å²) < 4.78 is 5.72. The zero-order valence-electron chi connectivity index (χ0n) is 11.0. The van der Waals surface area contributed by atoms with Gasteiger partial charge in [-0.3, -0.25) is 4.98 Å². The van der Waals surface area contributed by atoms with Crippen molar-refractivity contribution < 1.29 is 4.74 Å². The highest BCUT2D eigenvalue weighted by molar-refractivity contribution is 5.85. The van der Waals surface area contributed by atoms with E-state index in [0.717, 1.165) is 22.8 Å². The predicted molar refractivity (Wildman–Crippen MR) is 74.4 cm³/mol. The van der Waals surface area contributed by atoms with Crippen LogP contribution in [0.3, 0.4) is 0 Å². The molecule has 2 rings (SSSR count). The first-order chi connectivity index (χ1) is 8.77. The lowest BCUT2D eigenvalue weighted by Gasteiger charge is -2.24. The minimum atomic E-state index is -0.0963. The summed E-state index contributed by atoms with van der Waals surface area (Å²) in [6, 6.07) is 8.08. The van der Waals surface area contributed by atoms with Crippen LogP contribution in [0.2, 0.25) is 0 Å². The zero-order chi connectivity index (χ0) is 13.0. The normalized spacial score (nSPS) is 14.6. The van der Waals surface area contributed by atoms with Crippen LogP contribution in [0.4, 0.5) is 0 Å². The fourth-order valence-electron chi connectivity index (χ4n) is 2.33. The lowest BCUT2D eigenvalue weighted by Crippen LogP contribution is -2.28. The van der Waals surface area contributed by atoms with Crippen LogP contribution in [0.1, 0.15) is 31.9 Å². The molecule has 3 nitrogen and oxygen atoms in total. The number of benzene rings is 1. The molecule has 0 aliphatic carbocycles. The maximum atomic E-state index is 6.36. The molecule has 1 aromatic carbocycles. The van der Waals surface area contributed by atoms with Gasteiger partial charge in [-0.05, 0) is 30.4 Å². The van der Waals surface area contributed by atoms with E-state index in [9.17, 15) is 0 Å². The third-order valence-corrected chi connectivity index (χ3v) is 3.26. The molecule has 0 aliphatic rings. The minimum absolute atomic E-state index is 0.0637. The van der Waals surface area contributed by atoms with E-state index in [1.165, 1.54) is 0 Å². The van der Waals surface area contributed by atoms with Gasteiger partial charge in [0.15, 0.2) is 0 Å². The lowest BCUT2D eigenvalue weighted by atomic mass is 9.95. The Morgan fingerprint density at radius 1 is 1.28 bits per heavy atom. The van der Waals surface area contributed by atoms with E-state index in [1.807, 2.05) is 25.3 Å². The number of aromatic nitrogens is 1. The molecule has 18 heavy (non-hydrogen) atoms. The van der Waals surface area contributed by atoms with E-state index in [-0.39, 0.29) is 12.1 Å². The van der Waals surface area contributed by atoms with Gasteiger partial charge in [-0.15, -0.1) is 0 Å². The maximum absolute atomic E-state index is 6.36. The highest BCUT2D eigenvalue weighted by atomic mass is 16.5. The van der Waals surface area contributed by atoms with Crippen molar-refractivity contribution in [2.45, 2.75) is 32.4 Å². The second kappa shape index (κ2) is 5.94. The third kappa shape index (κ3) is 2.52. The van der Waals surface area contributed by atoms with E-state index >= 15 is 0 Å². The van der Waals surface area contributed by atoms with Crippen LogP contribution in [-0.2, 0) is 4.74 Å². The Morgan fingerprint density at radius 3 is 2.83 bits per heavy atom. The van der Waals surface area contributed by atoms with Gasteiger partial charge in [0.05, 0.1) is 12.1 Å². The minimum Gasteiger partial charge on any atom is -0.377 e. The largest absolute Gasteiger partial charge is 0.377 e. The Hall–Kier alpha value is -1.45. The fourth-order valence-corrected chi connectivity index (χ4v) is 2.33. The molecular formula is C15H20N2O. The molecular weight excluding hydrogens is 224 g/mol. The number of ether oxygens (including phenoxy) is 1. The molecule has 0 amide bonds. The second-order valence-electron chi connectivity index (χ2n) is 4.37. The van der Waals surface area contributed by atoms with Crippen molar-refractivity contribution in [2.75, 3.05) is 6.61 Å². The van der Waals surface area contributed by atoms with Crippen molar-refractivity contribution in [3.05, 3.63) is 42.2 Å². The van der Waals surface area contributed by atoms with Crippen molar-refractivity contribution in [3.63, 3.8) is 0 Å². The Labute approximate surface area is 108 Å². The van der Waals surface area contributed by atoms with Crippen molar-refractivity contribution in [1.82, 2.24) is 4.98 Å². The van der Waals surface area contributed by atoms with Crippen molar-refractivity contribution in [3.8, 4) is 0 Å². The molecule has 2 aromatic rings. The molecule has 0 saturated heterocycles. The highest BCUT2D eigenvalue weighted by Crippen LogP contribution is 2.26. The van der Waals surface area contributed by atoms with E-state index in [1.54, 1.807) is 6.20 Å². The first kappa shape index (κ1) is 13.0. The Balaban J connectivity index is 2.40. The SMILES string of the molecule is CCOC(CC)C(N)c1cccc2cnccc12. The van der Waals surface area contributed by atoms with Crippen LogP contribution in [0, 0.1) is 0 Å². The smallest absolute Gasteiger partial charge is 0.0765 e. The van der Waals surface area contributed by atoms with E-state index in [4.69, 9.17) is 10.5 Å². The Morgan fingerprint density at radius 2 is 2.11 bits per heavy atom. The van der Waals surface area contributed by atoms with Crippen molar-refractivity contribution >= 4 is 10.8 Å². The molecule has 0 aliphatic heterocycles. The van der Waals surface area contributed by atoms with Gasteiger partial charge < -0.3 is 10.5 Å². The topological polar surface area (TPSA) is 48.1 Å². The summed E-state index contributed by atoms with van der Waals surface area (Å²) in [7, 11) is 0. The van der Waals surface area contributed by atoms with Crippen molar-refractivity contribution in [1.29, 1.82) is 0 Å². The van der Waals surface area contributed by atoms with Gasteiger partial charge in [-0.1, -0.05) is 25.1 Å². The number of nitrogens with zero attached hydrogens (tertiary/aromatic N) is 1. The Kier molecular flexibility index (Phi) is 4.28. The summed E-state index contributed by atoms with van der Waals surface area (Å²) in [5.74, 6) is 0.